The Kier molecular flexibility index (Phi) is 36.5. The number of rotatable bonds is 27. The molecule has 0 amide bonds. The molecule has 0 saturated heterocycles. The van der Waals surface area contributed by atoms with Crippen molar-refractivity contribution in [1.29, 1.82) is 0 Å². The fourth-order valence-corrected chi connectivity index (χ4v) is 11.8. The van der Waals surface area contributed by atoms with Gasteiger partial charge in [0, 0.05) is 27.8 Å². The zero-order valence-electron chi connectivity index (χ0n) is 68.4. The largest absolute Gasteiger partial charge is 0.491 e. The molecule has 1 unspecified atom stereocenters. The van der Waals surface area contributed by atoms with Gasteiger partial charge in [0.15, 0.2) is 69.2 Å². The maximum atomic E-state index is 14.1. The van der Waals surface area contributed by atoms with Gasteiger partial charge in [0.05, 0.1) is 44.2 Å². The monoisotopic (exact) mass is 1670 g/mol. The van der Waals surface area contributed by atoms with Gasteiger partial charge in [-0.15, -0.1) is 0 Å². The third-order valence-corrected chi connectivity index (χ3v) is 18.3. The number of benzene rings is 11. The molecule has 1 aliphatic carbocycles. The topological polar surface area (TPSA) is 83.1 Å². The summed E-state index contributed by atoms with van der Waals surface area (Å²) in [5.74, 6) is 10.2. The van der Waals surface area contributed by atoms with Gasteiger partial charge in [-0.3, -0.25) is 0 Å². The smallest absolute Gasteiger partial charge is 0.204 e. The molecule has 21 heteroatoms. The molecular weight excluding hydrogens is 1590 g/mol. The van der Waals surface area contributed by atoms with Crippen LogP contribution in [0.25, 0.3) is 0 Å². The average Bonchev–Trinajstić information content (AvgIpc) is 0.850. The lowest BCUT2D eigenvalue weighted by atomic mass is 9.87. The van der Waals surface area contributed by atoms with E-state index in [0.29, 0.717) is 22.3 Å². The zero-order valence-corrected chi connectivity index (χ0v) is 68.4. The minimum atomic E-state index is -1.12. The van der Waals surface area contributed by atoms with Crippen molar-refractivity contribution in [2.45, 2.75) is 126 Å². The van der Waals surface area contributed by atoms with E-state index in [9.17, 15) is 52.7 Å². The molecule has 0 N–H and O–H groups in total. The molecule has 0 spiro atoms. The van der Waals surface area contributed by atoms with Crippen molar-refractivity contribution >= 4 is 0 Å². The number of ether oxygens (including phenoxy) is 9. The van der Waals surface area contributed by atoms with Gasteiger partial charge in [0.25, 0.3) is 0 Å². The fraction of sp³-hybridized carbons (Fsp3) is 0.248. The van der Waals surface area contributed by atoms with E-state index in [4.69, 9.17) is 42.6 Å². The standard InChI is InChI=1S/C27H26F2O2.C26H28F2O2.C25H20F4O3.C23H16F4O2/c1-3-5-6-20-7-9-21(10-8-20)11-12-22-13-15-23(16-14-22)19-31-25-18-17-24(30-4-2)26(28)27(25)29;1-3-5-19-6-8-20(9-7-19)10-11-21-12-14-22(15-13-21)18-30-24-17-16-23(29-4-2)25(27)26(24)28;1-3-30-19-12-11-18(22(26)23(19)27)10-9-16-5-7-17(8-6-16)15-32-21-14-13-20(31-4-2)24(28)25(21)29;1-2-28-20-13-12-17(21(25)23(20)27)11-10-15-6-8-16(9-7-15)14-29-19-5-3-4-18(24)22(19)26/h7-10,13-18H,3-6,19H2,1-2H3;8,12-17,19H,3-7,9,18H2,1-2H3;5-8,11-14H,3-4,15H2,1-2H3;3-9,12-13H,2,14H2,1H3. The second-order valence-corrected chi connectivity index (χ2v) is 27.2. The summed E-state index contributed by atoms with van der Waals surface area (Å²) in [5, 5.41) is 0. The van der Waals surface area contributed by atoms with Crippen molar-refractivity contribution in [2.75, 3.05) is 33.0 Å². The van der Waals surface area contributed by atoms with Gasteiger partial charge in [-0.05, 0) is 239 Å². The highest BCUT2D eigenvalue weighted by Crippen LogP contribution is 2.34. The molecule has 0 fully saturated rings. The lowest BCUT2D eigenvalue weighted by molar-refractivity contribution is 0.274. The van der Waals surface area contributed by atoms with Gasteiger partial charge in [0.1, 0.15) is 26.4 Å². The summed E-state index contributed by atoms with van der Waals surface area (Å²) in [5.41, 5.74) is 9.36. The van der Waals surface area contributed by atoms with E-state index in [1.165, 1.54) is 116 Å². The lowest BCUT2D eigenvalue weighted by Crippen LogP contribution is -2.04. The normalized spacial score (nSPS) is 11.6. The highest BCUT2D eigenvalue weighted by atomic mass is 19.2. The van der Waals surface area contributed by atoms with Crippen molar-refractivity contribution in [2.24, 2.45) is 5.92 Å². The first kappa shape index (κ1) is 92.6. The van der Waals surface area contributed by atoms with E-state index < -0.39 is 69.8 Å². The zero-order chi connectivity index (χ0) is 87.3. The number of allylic oxidation sites excluding steroid dienone is 2. The summed E-state index contributed by atoms with van der Waals surface area (Å²) >= 11 is 0. The summed E-state index contributed by atoms with van der Waals surface area (Å²) in [6, 6.07) is 54.0. The third-order valence-electron chi connectivity index (χ3n) is 18.3. The Balaban J connectivity index is 0.000000185. The molecule has 11 aromatic carbocycles. The maximum absolute atomic E-state index is 14.1. The molecule has 11 aromatic rings. The molecule has 0 aliphatic heterocycles. The van der Waals surface area contributed by atoms with Crippen LogP contribution in [0.15, 0.2) is 212 Å². The Labute approximate surface area is 704 Å². The summed E-state index contributed by atoms with van der Waals surface area (Å²) in [7, 11) is 0. The van der Waals surface area contributed by atoms with E-state index in [-0.39, 0.29) is 122 Å². The SMILES string of the molecule is CCCC1CC=C(C#Cc2ccc(COc3ccc(OCC)c(F)c3F)cc2)CC1.CCCCc1ccc(C#Cc2ccc(COc3ccc(OCC)c(F)c3F)cc2)cc1.CCOc1ccc(C#Cc2ccc(COc3ccc(OCC)c(F)c3F)cc2)c(F)c1F.CCOc1ccc(C#Cc2ccc(COc3cccc(F)c3F)cc2)c(F)c1F. The molecule has 632 valence electrons. The first-order valence-corrected chi connectivity index (χ1v) is 39.8. The van der Waals surface area contributed by atoms with Gasteiger partial charge in [-0.1, -0.05) is 153 Å². The number of hydrogen-bond donors (Lipinski definition) is 0. The highest BCUT2D eigenvalue weighted by molar-refractivity contribution is 5.50. The van der Waals surface area contributed by atoms with E-state index in [2.05, 4.69) is 79.4 Å². The Morgan fingerprint density at radius 2 is 0.549 bits per heavy atom. The first-order chi connectivity index (χ1) is 59.1. The highest BCUT2D eigenvalue weighted by Gasteiger charge is 2.21. The summed E-state index contributed by atoms with van der Waals surface area (Å²) in [6.07, 6.45) is 11.7. The number of hydrogen-bond acceptors (Lipinski definition) is 9. The number of aryl methyl sites for hydroxylation is 1. The van der Waals surface area contributed by atoms with Crippen LogP contribution in [0.1, 0.15) is 160 Å². The predicted octanol–water partition coefficient (Wildman–Crippen LogP) is 25.1. The van der Waals surface area contributed by atoms with Crippen molar-refractivity contribution in [1.82, 2.24) is 0 Å². The summed E-state index contributed by atoms with van der Waals surface area (Å²) < 4.78 is 213. The molecule has 0 aromatic heterocycles. The molecular formula is C101H90F12O9. The molecule has 0 heterocycles. The minimum absolute atomic E-state index is 0.00319. The van der Waals surface area contributed by atoms with Gasteiger partial charge >= 0.3 is 0 Å². The maximum Gasteiger partial charge on any atom is 0.204 e. The van der Waals surface area contributed by atoms with E-state index in [1.54, 1.807) is 83.1 Å². The molecule has 122 heavy (non-hydrogen) atoms. The van der Waals surface area contributed by atoms with Crippen LogP contribution in [0.5, 0.6) is 51.7 Å². The Morgan fingerprint density at radius 1 is 0.270 bits per heavy atom. The van der Waals surface area contributed by atoms with E-state index in [1.807, 2.05) is 60.7 Å². The quantitative estimate of drug-likeness (QED) is 0.0369. The van der Waals surface area contributed by atoms with Crippen LogP contribution in [0.4, 0.5) is 52.7 Å². The molecule has 1 atom stereocenters. The average molecular weight is 1680 g/mol. The molecule has 0 radical (unpaired) electrons. The van der Waals surface area contributed by atoms with Gasteiger partial charge in [0.2, 0.25) is 52.4 Å². The van der Waals surface area contributed by atoms with Crippen LogP contribution in [-0.4, -0.2) is 33.0 Å². The minimum Gasteiger partial charge on any atom is -0.491 e. The first-order valence-electron chi connectivity index (χ1n) is 39.8. The lowest BCUT2D eigenvalue weighted by Gasteiger charge is -2.18. The third kappa shape index (κ3) is 27.7. The fourth-order valence-electron chi connectivity index (χ4n) is 11.8. The Morgan fingerprint density at radius 3 is 0.844 bits per heavy atom. The van der Waals surface area contributed by atoms with Crippen LogP contribution in [-0.2, 0) is 32.8 Å². The van der Waals surface area contributed by atoms with Crippen LogP contribution < -0.4 is 42.6 Å². The molecule has 0 saturated carbocycles. The van der Waals surface area contributed by atoms with Gasteiger partial charge < -0.3 is 42.6 Å². The number of unbranched alkanes of at least 4 members (excludes halogenated alkanes) is 1. The van der Waals surface area contributed by atoms with E-state index >= 15 is 0 Å². The second kappa shape index (κ2) is 48.1. The van der Waals surface area contributed by atoms with Crippen LogP contribution in [0.2, 0.25) is 0 Å². The van der Waals surface area contributed by atoms with Crippen LogP contribution >= 0.6 is 0 Å². The second-order valence-electron chi connectivity index (χ2n) is 27.2. The summed E-state index contributed by atoms with van der Waals surface area (Å²) in [6.45, 7) is 14.3. The van der Waals surface area contributed by atoms with Crippen molar-refractivity contribution < 1.29 is 95.3 Å². The Hall–Kier alpha value is -13.2. The molecule has 9 nitrogen and oxygen atoms in total. The van der Waals surface area contributed by atoms with Crippen molar-refractivity contribution in [3.8, 4) is 99.1 Å². The van der Waals surface area contributed by atoms with Crippen molar-refractivity contribution in [3.05, 3.63) is 348 Å². The number of halogens is 12. The van der Waals surface area contributed by atoms with Crippen LogP contribution in [0.3, 0.4) is 0 Å². The van der Waals surface area contributed by atoms with Crippen LogP contribution in [0, 0.1) is 123 Å². The van der Waals surface area contributed by atoms with E-state index in [0.717, 1.165) is 59.1 Å². The predicted molar refractivity (Wildman–Crippen MR) is 447 cm³/mol. The molecule has 12 rings (SSSR count). The van der Waals surface area contributed by atoms with Crippen molar-refractivity contribution in [3.63, 3.8) is 0 Å². The molecule has 0 bridgehead atoms. The molecule has 1 aliphatic rings. The van der Waals surface area contributed by atoms with Gasteiger partial charge in [-0.25, -0.2) is 13.2 Å². The van der Waals surface area contributed by atoms with Gasteiger partial charge in [-0.2, -0.15) is 39.5 Å². The Bertz CT molecular complexity index is 5580. The summed E-state index contributed by atoms with van der Waals surface area (Å²) in [4.78, 5) is 0.